The fourth-order valence-corrected chi connectivity index (χ4v) is 5.23. The van der Waals surface area contributed by atoms with Crippen LogP contribution in [0, 0.1) is 6.92 Å². The molecule has 1 aliphatic carbocycles. The van der Waals surface area contributed by atoms with E-state index >= 15 is 0 Å². The van der Waals surface area contributed by atoms with E-state index in [-0.39, 0.29) is 5.91 Å². The van der Waals surface area contributed by atoms with Crippen LogP contribution in [0.4, 0.5) is 0 Å². The van der Waals surface area contributed by atoms with E-state index < -0.39 is 0 Å². The maximum absolute atomic E-state index is 12.9. The number of rotatable bonds is 7. The van der Waals surface area contributed by atoms with Crippen LogP contribution in [0.5, 0.6) is 0 Å². The average Bonchev–Trinajstić information content (AvgIpc) is 3.39. The molecule has 0 atom stereocenters. The third-order valence-electron chi connectivity index (χ3n) is 6.98. The minimum absolute atomic E-state index is 0.140. The zero-order valence-corrected chi connectivity index (χ0v) is 20.7. The zero-order chi connectivity index (χ0) is 23.7. The lowest BCUT2D eigenvalue weighted by Gasteiger charge is -2.33. The van der Waals surface area contributed by atoms with Gasteiger partial charge in [0.15, 0.2) is 5.76 Å². The molecule has 8 heteroatoms. The van der Waals surface area contributed by atoms with Crippen LogP contribution in [-0.4, -0.2) is 71.3 Å². The van der Waals surface area contributed by atoms with E-state index in [1.807, 2.05) is 35.9 Å². The Balaban J connectivity index is 1.26. The SMILES string of the molecule is CCN1CCN(CCNC(=O)c2oc3c(c2C)-c2nn(Cc4cccc(Cl)c4)cc2CC3)CC1. The highest BCUT2D eigenvalue weighted by molar-refractivity contribution is 6.30. The van der Waals surface area contributed by atoms with Crippen molar-refractivity contribution in [3.8, 4) is 11.3 Å². The Hall–Kier alpha value is -2.61. The van der Waals surface area contributed by atoms with Crippen molar-refractivity contribution in [2.24, 2.45) is 0 Å². The zero-order valence-electron chi connectivity index (χ0n) is 19.9. The van der Waals surface area contributed by atoms with Crippen LogP contribution >= 0.6 is 11.6 Å². The molecule has 1 fully saturated rings. The number of benzene rings is 1. The normalized spacial score (nSPS) is 16.3. The highest BCUT2D eigenvalue weighted by atomic mass is 35.5. The summed E-state index contributed by atoms with van der Waals surface area (Å²) in [6.45, 7) is 11.7. The molecule has 0 saturated carbocycles. The van der Waals surface area contributed by atoms with Crippen LogP contribution in [0.2, 0.25) is 5.02 Å². The number of furan rings is 1. The van der Waals surface area contributed by atoms with E-state index in [0.717, 1.165) is 85.3 Å². The first kappa shape index (κ1) is 23.1. The second-order valence-electron chi connectivity index (χ2n) is 9.22. The summed E-state index contributed by atoms with van der Waals surface area (Å²) in [5.41, 5.74) is 5.08. The fourth-order valence-electron chi connectivity index (χ4n) is 5.02. The monoisotopic (exact) mass is 481 g/mol. The van der Waals surface area contributed by atoms with E-state index in [9.17, 15) is 4.79 Å². The number of amides is 1. The second-order valence-corrected chi connectivity index (χ2v) is 9.65. The summed E-state index contributed by atoms with van der Waals surface area (Å²) in [5.74, 6) is 1.14. The molecule has 0 radical (unpaired) electrons. The third kappa shape index (κ3) is 4.78. The van der Waals surface area contributed by atoms with Gasteiger partial charge in [-0.05, 0) is 43.1 Å². The van der Waals surface area contributed by atoms with Crippen LogP contribution in [0.25, 0.3) is 11.3 Å². The number of aryl methyl sites for hydroxylation is 2. The lowest BCUT2D eigenvalue weighted by molar-refractivity contribution is 0.0908. The van der Waals surface area contributed by atoms with Crippen LogP contribution in [0.1, 0.15) is 39.9 Å². The van der Waals surface area contributed by atoms with Gasteiger partial charge in [-0.3, -0.25) is 14.4 Å². The molecule has 1 amide bonds. The van der Waals surface area contributed by atoms with Gasteiger partial charge in [0.1, 0.15) is 5.76 Å². The Morgan fingerprint density at radius 2 is 1.97 bits per heavy atom. The van der Waals surface area contributed by atoms with E-state index in [1.165, 1.54) is 5.56 Å². The number of piperazine rings is 1. The average molecular weight is 482 g/mol. The van der Waals surface area contributed by atoms with Crippen LogP contribution in [-0.2, 0) is 19.4 Å². The Morgan fingerprint density at radius 1 is 1.18 bits per heavy atom. The van der Waals surface area contributed by atoms with Gasteiger partial charge in [-0.25, -0.2) is 0 Å². The maximum Gasteiger partial charge on any atom is 0.287 e. The lowest BCUT2D eigenvalue weighted by Crippen LogP contribution is -2.48. The van der Waals surface area contributed by atoms with Gasteiger partial charge in [0.2, 0.25) is 0 Å². The number of likely N-dealkylation sites (N-methyl/N-ethyl adjacent to an activating group) is 1. The van der Waals surface area contributed by atoms with Crippen LogP contribution < -0.4 is 5.32 Å². The summed E-state index contributed by atoms with van der Waals surface area (Å²) in [6, 6.07) is 7.84. The molecule has 1 aliphatic heterocycles. The smallest absolute Gasteiger partial charge is 0.287 e. The summed E-state index contributed by atoms with van der Waals surface area (Å²) in [4.78, 5) is 17.8. The van der Waals surface area contributed by atoms with Crippen molar-refractivity contribution in [2.75, 3.05) is 45.8 Å². The molecular formula is C26H32ClN5O2. The number of nitrogens with one attached hydrogen (secondary N) is 1. The minimum atomic E-state index is -0.140. The largest absolute Gasteiger partial charge is 0.455 e. The van der Waals surface area contributed by atoms with Gasteiger partial charge >= 0.3 is 0 Å². The number of aromatic nitrogens is 2. The minimum Gasteiger partial charge on any atom is -0.455 e. The van der Waals surface area contributed by atoms with Gasteiger partial charge in [0.25, 0.3) is 5.91 Å². The van der Waals surface area contributed by atoms with Crippen molar-refractivity contribution in [1.82, 2.24) is 24.9 Å². The summed E-state index contributed by atoms with van der Waals surface area (Å²) in [6.07, 6.45) is 3.74. The summed E-state index contributed by atoms with van der Waals surface area (Å²) in [5, 5.41) is 8.64. The summed E-state index contributed by atoms with van der Waals surface area (Å²) < 4.78 is 8.03. The van der Waals surface area contributed by atoms with Gasteiger partial charge in [0.05, 0.1) is 12.2 Å². The van der Waals surface area contributed by atoms with Crippen LogP contribution in [0.3, 0.4) is 0 Å². The number of nitrogens with zero attached hydrogens (tertiary/aromatic N) is 4. The van der Waals surface area contributed by atoms with E-state index in [1.54, 1.807) is 0 Å². The Bertz CT molecular complexity index is 1180. The molecule has 3 heterocycles. The molecule has 1 N–H and O–H groups in total. The quantitative estimate of drug-likeness (QED) is 0.558. The topological polar surface area (TPSA) is 66.5 Å². The molecule has 5 rings (SSSR count). The van der Waals surface area contributed by atoms with Gasteiger partial charge in [-0.1, -0.05) is 30.7 Å². The Labute approximate surface area is 205 Å². The molecule has 180 valence electrons. The molecule has 1 aromatic carbocycles. The molecule has 2 aromatic heterocycles. The van der Waals surface area contributed by atoms with Crippen molar-refractivity contribution in [3.63, 3.8) is 0 Å². The maximum atomic E-state index is 12.9. The van der Waals surface area contributed by atoms with Crippen molar-refractivity contribution >= 4 is 17.5 Å². The Morgan fingerprint density at radius 3 is 2.74 bits per heavy atom. The number of hydrogen-bond donors (Lipinski definition) is 1. The van der Waals surface area contributed by atoms with Gasteiger partial charge in [0, 0.05) is 68.0 Å². The highest BCUT2D eigenvalue weighted by Gasteiger charge is 2.29. The number of carbonyl (C=O) groups is 1. The van der Waals surface area contributed by atoms with Gasteiger partial charge < -0.3 is 14.6 Å². The van der Waals surface area contributed by atoms with Gasteiger partial charge in [-0.15, -0.1) is 0 Å². The van der Waals surface area contributed by atoms with Crippen molar-refractivity contribution in [3.05, 3.63) is 63.7 Å². The number of halogens is 1. The first-order chi connectivity index (χ1) is 16.5. The fraction of sp³-hybridized carbons (Fsp3) is 0.462. The molecule has 7 nitrogen and oxygen atoms in total. The first-order valence-electron chi connectivity index (χ1n) is 12.2. The predicted octanol–water partition coefficient (Wildman–Crippen LogP) is 3.62. The first-order valence-corrected chi connectivity index (χ1v) is 12.6. The highest BCUT2D eigenvalue weighted by Crippen LogP contribution is 2.38. The summed E-state index contributed by atoms with van der Waals surface area (Å²) >= 11 is 6.14. The molecule has 0 spiro atoms. The van der Waals surface area contributed by atoms with Crippen LogP contribution in [0.15, 0.2) is 34.9 Å². The van der Waals surface area contributed by atoms with E-state index in [2.05, 4.69) is 28.2 Å². The predicted molar refractivity (Wildman–Crippen MR) is 134 cm³/mol. The standard InChI is InChI=1S/C26H32ClN5O2/c1-3-30-11-13-31(14-12-30)10-9-28-26(33)25-18(2)23-22(34-25)8-7-20-17-32(29-24(20)23)16-19-5-4-6-21(27)15-19/h4-6,15,17H,3,7-14,16H2,1-2H3,(H,28,33). The Kier molecular flexibility index (Phi) is 6.77. The molecule has 2 aliphatic rings. The number of carbonyl (C=O) groups excluding carboxylic acids is 1. The lowest BCUT2D eigenvalue weighted by atomic mass is 9.93. The summed E-state index contributed by atoms with van der Waals surface area (Å²) in [7, 11) is 0. The molecule has 1 saturated heterocycles. The molecular weight excluding hydrogens is 450 g/mol. The van der Waals surface area contributed by atoms with Gasteiger partial charge in [-0.2, -0.15) is 5.10 Å². The number of hydrogen-bond acceptors (Lipinski definition) is 5. The van der Waals surface area contributed by atoms with E-state index in [0.29, 0.717) is 18.8 Å². The second kappa shape index (κ2) is 9.94. The van der Waals surface area contributed by atoms with E-state index in [4.69, 9.17) is 21.1 Å². The van der Waals surface area contributed by atoms with Crippen molar-refractivity contribution in [1.29, 1.82) is 0 Å². The molecule has 3 aromatic rings. The third-order valence-corrected chi connectivity index (χ3v) is 7.22. The van der Waals surface area contributed by atoms with Crippen molar-refractivity contribution in [2.45, 2.75) is 33.2 Å². The molecule has 0 bridgehead atoms. The number of fused-ring (bicyclic) bond motifs is 3. The van der Waals surface area contributed by atoms with Crippen molar-refractivity contribution < 1.29 is 9.21 Å². The molecule has 34 heavy (non-hydrogen) atoms. The molecule has 0 unspecified atom stereocenters.